The predicted octanol–water partition coefficient (Wildman–Crippen LogP) is 4.75. The van der Waals surface area contributed by atoms with Crippen molar-refractivity contribution in [3.63, 3.8) is 0 Å². The molecule has 1 aliphatic heterocycles. The number of benzene rings is 2. The Bertz CT molecular complexity index is 1200. The zero-order valence-corrected chi connectivity index (χ0v) is 18.8. The van der Waals surface area contributed by atoms with Gasteiger partial charge < -0.3 is 14.8 Å². The van der Waals surface area contributed by atoms with Crippen molar-refractivity contribution in [2.24, 2.45) is 0 Å². The predicted molar refractivity (Wildman–Crippen MR) is 120 cm³/mol. The molecule has 0 bridgehead atoms. The molecule has 0 spiro atoms. The molecular formula is C23H21BrN4O3. The molecule has 1 atom stereocenters. The van der Waals surface area contributed by atoms with Crippen LogP contribution in [0.15, 0.2) is 58.2 Å². The largest absolute Gasteiger partial charge is 0.493 e. The molecule has 2 aliphatic rings. The van der Waals surface area contributed by atoms with E-state index in [0.717, 1.165) is 39.7 Å². The van der Waals surface area contributed by atoms with Crippen LogP contribution >= 0.6 is 15.9 Å². The Morgan fingerprint density at radius 3 is 2.58 bits per heavy atom. The van der Waals surface area contributed by atoms with Gasteiger partial charge in [-0.3, -0.25) is 4.79 Å². The smallest absolute Gasteiger partial charge is 0.226 e. The Labute approximate surface area is 188 Å². The highest BCUT2D eigenvalue weighted by atomic mass is 79.9. The number of halogens is 1. The number of nitrogens with zero attached hydrogens (tertiary/aromatic N) is 3. The van der Waals surface area contributed by atoms with Crippen molar-refractivity contribution < 1.29 is 14.3 Å². The first-order chi connectivity index (χ1) is 15.1. The second-order valence-corrected chi connectivity index (χ2v) is 8.44. The fraction of sp³-hybridized carbons (Fsp3) is 0.261. The Morgan fingerprint density at radius 2 is 1.84 bits per heavy atom. The van der Waals surface area contributed by atoms with Crippen LogP contribution < -0.4 is 14.8 Å². The van der Waals surface area contributed by atoms with E-state index in [1.807, 2.05) is 47.1 Å². The van der Waals surface area contributed by atoms with Crippen molar-refractivity contribution >= 4 is 27.7 Å². The SMILES string of the molecule is COc1ccc(-c2nc3n(n2)C(c2ccc(Br)cc2)C2=C(CCCC2=O)N3)cc1OC. The Hall–Kier alpha value is -3.13. The molecule has 8 heteroatoms. The van der Waals surface area contributed by atoms with Gasteiger partial charge in [-0.05, 0) is 48.7 Å². The third-order valence-electron chi connectivity index (χ3n) is 5.70. The van der Waals surface area contributed by atoms with E-state index in [4.69, 9.17) is 19.6 Å². The molecule has 1 aromatic heterocycles. The maximum Gasteiger partial charge on any atom is 0.226 e. The molecule has 5 rings (SSSR count). The van der Waals surface area contributed by atoms with Gasteiger partial charge in [0.2, 0.25) is 5.95 Å². The molecule has 1 aliphatic carbocycles. The van der Waals surface area contributed by atoms with Gasteiger partial charge in [-0.25, -0.2) is 4.68 Å². The van der Waals surface area contributed by atoms with Crippen LogP contribution in [0, 0.1) is 0 Å². The van der Waals surface area contributed by atoms with Crippen molar-refractivity contribution in [2.75, 3.05) is 19.5 Å². The Morgan fingerprint density at radius 1 is 1.06 bits per heavy atom. The molecule has 3 aromatic rings. The van der Waals surface area contributed by atoms with Crippen LogP contribution in [0.3, 0.4) is 0 Å². The Kier molecular flexibility index (Phi) is 5.02. The number of ether oxygens (including phenoxy) is 2. The van der Waals surface area contributed by atoms with Gasteiger partial charge in [-0.2, -0.15) is 4.98 Å². The fourth-order valence-corrected chi connectivity index (χ4v) is 4.47. The van der Waals surface area contributed by atoms with Crippen LogP contribution in [0.4, 0.5) is 5.95 Å². The van der Waals surface area contributed by atoms with Crippen molar-refractivity contribution in [3.8, 4) is 22.9 Å². The van der Waals surface area contributed by atoms with E-state index in [1.54, 1.807) is 14.2 Å². The first kappa shape index (κ1) is 19.8. The summed E-state index contributed by atoms with van der Waals surface area (Å²) in [6.07, 6.45) is 2.22. The van der Waals surface area contributed by atoms with E-state index >= 15 is 0 Å². The highest BCUT2D eigenvalue weighted by Gasteiger charge is 2.36. The van der Waals surface area contributed by atoms with Gasteiger partial charge in [0.25, 0.3) is 0 Å². The number of hydrogen-bond donors (Lipinski definition) is 1. The number of allylic oxidation sites excluding steroid dienone is 2. The lowest BCUT2D eigenvalue weighted by molar-refractivity contribution is -0.116. The van der Waals surface area contributed by atoms with Crippen molar-refractivity contribution in [2.45, 2.75) is 25.3 Å². The number of methoxy groups -OCH3 is 2. The molecule has 0 amide bonds. The molecule has 0 radical (unpaired) electrons. The second kappa shape index (κ2) is 7.85. The average molecular weight is 481 g/mol. The van der Waals surface area contributed by atoms with E-state index in [0.29, 0.717) is 29.7 Å². The summed E-state index contributed by atoms with van der Waals surface area (Å²) < 4.78 is 13.6. The lowest BCUT2D eigenvalue weighted by Crippen LogP contribution is -2.31. The van der Waals surface area contributed by atoms with E-state index < -0.39 is 0 Å². The monoisotopic (exact) mass is 480 g/mol. The minimum absolute atomic E-state index is 0.162. The zero-order chi connectivity index (χ0) is 21.5. The Balaban J connectivity index is 1.64. The molecule has 158 valence electrons. The number of carbonyl (C=O) groups is 1. The number of nitrogens with one attached hydrogen (secondary N) is 1. The highest BCUT2D eigenvalue weighted by Crippen LogP contribution is 2.41. The summed E-state index contributed by atoms with van der Waals surface area (Å²) in [5.41, 5.74) is 3.53. The van der Waals surface area contributed by atoms with E-state index in [9.17, 15) is 4.79 Å². The summed E-state index contributed by atoms with van der Waals surface area (Å²) in [4.78, 5) is 17.7. The number of rotatable bonds is 4. The van der Waals surface area contributed by atoms with Crippen LogP contribution in [0.25, 0.3) is 11.4 Å². The second-order valence-electron chi connectivity index (χ2n) is 7.52. The topological polar surface area (TPSA) is 78.3 Å². The van der Waals surface area contributed by atoms with Gasteiger partial charge >= 0.3 is 0 Å². The van der Waals surface area contributed by atoms with E-state index in [-0.39, 0.29) is 11.8 Å². The normalized spacial score (nSPS) is 17.6. The molecule has 0 saturated carbocycles. The fourth-order valence-electron chi connectivity index (χ4n) is 4.21. The maximum absolute atomic E-state index is 12.9. The molecule has 0 fully saturated rings. The molecular weight excluding hydrogens is 460 g/mol. The molecule has 2 heterocycles. The van der Waals surface area contributed by atoms with Gasteiger partial charge in [0.1, 0.15) is 6.04 Å². The number of hydrogen-bond acceptors (Lipinski definition) is 6. The van der Waals surface area contributed by atoms with Crippen LogP contribution in [-0.2, 0) is 4.79 Å². The first-order valence-corrected chi connectivity index (χ1v) is 10.9. The van der Waals surface area contributed by atoms with Gasteiger partial charge in [0, 0.05) is 27.7 Å². The van der Waals surface area contributed by atoms with Crippen molar-refractivity contribution in [3.05, 3.63) is 63.8 Å². The third-order valence-corrected chi connectivity index (χ3v) is 6.22. The number of fused-ring (bicyclic) bond motifs is 1. The lowest BCUT2D eigenvalue weighted by Gasteiger charge is -2.32. The molecule has 0 saturated heterocycles. The van der Waals surface area contributed by atoms with Crippen molar-refractivity contribution in [1.82, 2.24) is 14.8 Å². The molecule has 31 heavy (non-hydrogen) atoms. The maximum atomic E-state index is 12.9. The number of ketones is 1. The summed E-state index contributed by atoms with van der Waals surface area (Å²) in [5, 5.41) is 8.17. The third kappa shape index (κ3) is 3.40. The number of anilines is 1. The van der Waals surface area contributed by atoms with Crippen LogP contribution in [0.5, 0.6) is 11.5 Å². The van der Waals surface area contributed by atoms with Gasteiger partial charge in [-0.1, -0.05) is 28.1 Å². The summed E-state index contributed by atoms with van der Waals surface area (Å²) >= 11 is 3.49. The number of Topliss-reactive ketones (excluding diaryl/α,β-unsaturated/α-hetero) is 1. The molecule has 1 N–H and O–H groups in total. The highest BCUT2D eigenvalue weighted by molar-refractivity contribution is 9.10. The van der Waals surface area contributed by atoms with E-state index in [1.165, 1.54) is 0 Å². The number of carbonyl (C=O) groups excluding carboxylic acids is 1. The average Bonchev–Trinajstić information content (AvgIpc) is 3.22. The van der Waals surface area contributed by atoms with E-state index in [2.05, 4.69) is 21.2 Å². The minimum Gasteiger partial charge on any atom is -0.493 e. The standard InChI is InChI=1S/C23H21BrN4O3/c1-30-18-11-8-14(12-19(18)31-2)22-26-23-25-16-4-3-5-17(29)20(16)21(28(23)27-22)13-6-9-15(24)10-7-13/h6-12,21H,3-5H2,1-2H3,(H,25,26,27). The van der Waals surface area contributed by atoms with Gasteiger partial charge in [0.05, 0.1) is 14.2 Å². The van der Waals surface area contributed by atoms with Gasteiger partial charge in [-0.15, -0.1) is 5.10 Å². The summed E-state index contributed by atoms with van der Waals surface area (Å²) in [6, 6.07) is 13.3. The minimum atomic E-state index is -0.312. The summed E-state index contributed by atoms with van der Waals surface area (Å²) in [7, 11) is 3.20. The zero-order valence-electron chi connectivity index (χ0n) is 17.2. The lowest BCUT2D eigenvalue weighted by atomic mass is 9.85. The van der Waals surface area contributed by atoms with Crippen LogP contribution in [0.1, 0.15) is 30.9 Å². The number of aromatic nitrogens is 3. The quantitative estimate of drug-likeness (QED) is 0.580. The van der Waals surface area contributed by atoms with Crippen LogP contribution in [-0.4, -0.2) is 34.8 Å². The first-order valence-electron chi connectivity index (χ1n) is 10.1. The molecule has 2 aromatic carbocycles. The van der Waals surface area contributed by atoms with Gasteiger partial charge in [0.15, 0.2) is 23.1 Å². The molecule has 1 unspecified atom stereocenters. The molecule has 7 nitrogen and oxygen atoms in total. The van der Waals surface area contributed by atoms with Crippen LogP contribution in [0.2, 0.25) is 0 Å². The van der Waals surface area contributed by atoms with Crippen molar-refractivity contribution in [1.29, 1.82) is 0 Å². The summed E-state index contributed by atoms with van der Waals surface area (Å²) in [6.45, 7) is 0. The summed E-state index contributed by atoms with van der Waals surface area (Å²) in [5.74, 6) is 2.60.